The number of thiazole rings is 1. The lowest BCUT2D eigenvalue weighted by atomic mass is 9.91. The molecule has 0 aliphatic carbocycles. The zero-order chi connectivity index (χ0) is 13.6. The van der Waals surface area contributed by atoms with E-state index < -0.39 is 17.6 Å². The molecule has 7 heteroatoms. The topological polar surface area (TPSA) is 68.0 Å². The van der Waals surface area contributed by atoms with E-state index in [2.05, 4.69) is 10.3 Å². The van der Waals surface area contributed by atoms with E-state index in [1.165, 1.54) is 18.2 Å². The third-order valence-electron chi connectivity index (χ3n) is 2.98. The van der Waals surface area contributed by atoms with Crippen molar-refractivity contribution in [3.05, 3.63) is 40.3 Å². The zero-order valence-electron chi connectivity index (χ0n) is 9.61. The Morgan fingerprint density at radius 1 is 1.37 bits per heavy atom. The average Bonchev–Trinajstić information content (AvgIpc) is 2.69. The summed E-state index contributed by atoms with van der Waals surface area (Å²) in [5, 5.41) is 2.81. The number of hydrogen-bond acceptors (Lipinski definition) is 4. The van der Waals surface area contributed by atoms with Crippen LogP contribution in [-0.2, 0) is 4.79 Å². The maximum Gasteiger partial charge on any atom is 0.226 e. The molecule has 98 valence electrons. The van der Waals surface area contributed by atoms with Crippen molar-refractivity contribution in [1.29, 1.82) is 0 Å². The zero-order valence-corrected chi connectivity index (χ0v) is 10.4. The monoisotopic (exact) mass is 281 g/mol. The molecular formula is C12H9F2N3OS. The quantitative estimate of drug-likeness (QED) is 0.843. The highest BCUT2D eigenvalue weighted by Gasteiger charge is 2.33. The molecule has 1 aromatic carbocycles. The fourth-order valence-electron chi connectivity index (χ4n) is 2.21. The molecule has 2 aromatic rings. The molecule has 4 nitrogen and oxygen atoms in total. The molecule has 0 fully saturated rings. The predicted molar refractivity (Wildman–Crippen MR) is 68.0 cm³/mol. The van der Waals surface area contributed by atoms with Crippen LogP contribution in [0.25, 0.3) is 0 Å². The molecule has 3 rings (SSSR count). The fraction of sp³-hybridized carbons (Fsp3) is 0.167. The Morgan fingerprint density at radius 2 is 2.05 bits per heavy atom. The molecule has 1 amide bonds. The van der Waals surface area contributed by atoms with Crippen LogP contribution in [0.2, 0.25) is 0 Å². The molecule has 0 radical (unpaired) electrons. The Balaban J connectivity index is 2.18. The molecule has 1 atom stereocenters. The fourth-order valence-corrected chi connectivity index (χ4v) is 3.11. The second-order valence-corrected chi connectivity index (χ2v) is 5.27. The van der Waals surface area contributed by atoms with Crippen LogP contribution in [0.1, 0.15) is 22.8 Å². The van der Waals surface area contributed by atoms with Crippen LogP contribution in [0.3, 0.4) is 0 Å². The van der Waals surface area contributed by atoms with E-state index in [-0.39, 0.29) is 23.0 Å². The van der Waals surface area contributed by atoms with Crippen LogP contribution >= 0.6 is 11.3 Å². The number of aromatic nitrogens is 1. The molecule has 0 saturated carbocycles. The third kappa shape index (κ3) is 1.95. The second-order valence-electron chi connectivity index (χ2n) is 4.21. The number of benzene rings is 1. The first-order valence-corrected chi connectivity index (χ1v) is 6.38. The van der Waals surface area contributed by atoms with E-state index >= 15 is 0 Å². The predicted octanol–water partition coefficient (Wildman–Crippen LogP) is 2.48. The smallest absolute Gasteiger partial charge is 0.226 e. The van der Waals surface area contributed by atoms with Gasteiger partial charge in [-0.3, -0.25) is 4.79 Å². The van der Waals surface area contributed by atoms with Gasteiger partial charge in [0.15, 0.2) is 5.13 Å². The Bertz CT molecular complexity index is 651. The number of nitrogens with one attached hydrogen (secondary N) is 1. The van der Waals surface area contributed by atoms with Crippen LogP contribution in [0.15, 0.2) is 18.2 Å². The van der Waals surface area contributed by atoms with Crippen molar-refractivity contribution in [1.82, 2.24) is 4.98 Å². The molecule has 19 heavy (non-hydrogen) atoms. The highest BCUT2D eigenvalue weighted by molar-refractivity contribution is 7.16. The number of carbonyl (C=O) groups excluding carboxylic acids is 1. The lowest BCUT2D eigenvalue weighted by Gasteiger charge is -2.22. The Morgan fingerprint density at radius 3 is 2.74 bits per heavy atom. The van der Waals surface area contributed by atoms with Gasteiger partial charge in [0.1, 0.15) is 17.5 Å². The van der Waals surface area contributed by atoms with E-state index in [0.29, 0.717) is 10.7 Å². The van der Waals surface area contributed by atoms with Gasteiger partial charge in [-0.25, -0.2) is 13.8 Å². The lowest BCUT2D eigenvalue weighted by Crippen LogP contribution is -2.23. The molecule has 1 aromatic heterocycles. The minimum Gasteiger partial charge on any atom is -0.375 e. The summed E-state index contributed by atoms with van der Waals surface area (Å²) in [5.74, 6) is -2.05. The lowest BCUT2D eigenvalue weighted by molar-refractivity contribution is -0.116. The summed E-state index contributed by atoms with van der Waals surface area (Å²) in [6, 6.07) is 3.64. The standard InChI is InChI=1S/C12H9F2N3OS/c13-6-2-1-3-7(14)9(6)5-4-8(18)16-11-10(5)19-12(15)17-11/h1-3,5H,4H2,(H2,15,17)(H,16,18)/t5-/m0/s1. The summed E-state index contributed by atoms with van der Waals surface area (Å²) in [6.07, 6.45) is -0.0213. The minimum absolute atomic E-state index is 0.0213. The average molecular weight is 281 g/mol. The number of halogens is 2. The number of anilines is 2. The van der Waals surface area contributed by atoms with Crippen LogP contribution in [0, 0.1) is 11.6 Å². The van der Waals surface area contributed by atoms with Gasteiger partial charge in [0.25, 0.3) is 0 Å². The number of hydrogen-bond donors (Lipinski definition) is 2. The number of nitrogen functional groups attached to an aromatic ring is 1. The van der Waals surface area contributed by atoms with Crippen LogP contribution in [-0.4, -0.2) is 10.9 Å². The van der Waals surface area contributed by atoms with Crippen LogP contribution in [0.4, 0.5) is 19.7 Å². The molecule has 0 bridgehead atoms. The maximum atomic E-state index is 13.8. The SMILES string of the molecule is Nc1nc2c(s1)[C@H](c1c(F)cccc1F)CC(=O)N2. The van der Waals surface area contributed by atoms with Gasteiger partial charge in [-0.2, -0.15) is 0 Å². The summed E-state index contributed by atoms with van der Waals surface area (Å²) >= 11 is 1.13. The molecule has 1 aliphatic heterocycles. The molecule has 0 spiro atoms. The van der Waals surface area contributed by atoms with Crippen molar-refractivity contribution >= 4 is 28.2 Å². The molecule has 0 saturated heterocycles. The summed E-state index contributed by atoms with van der Waals surface area (Å²) in [4.78, 5) is 16.1. The Labute approximate surface area is 111 Å². The van der Waals surface area contributed by atoms with Crippen molar-refractivity contribution in [2.75, 3.05) is 11.1 Å². The van der Waals surface area contributed by atoms with E-state index in [1.807, 2.05) is 0 Å². The molecule has 2 heterocycles. The van der Waals surface area contributed by atoms with Crippen molar-refractivity contribution in [2.24, 2.45) is 0 Å². The van der Waals surface area contributed by atoms with Crippen molar-refractivity contribution in [3.63, 3.8) is 0 Å². The summed E-state index contributed by atoms with van der Waals surface area (Å²) < 4.78 is 27.7. The minimum atomic E-state index is -0.681. The van der Waals surface area contributed by atoms with E-state index in [4.69, 9.17) is 5.73 Å². The Hall–Kier alpha value is -2.02. The van der Waals surface area contributed by atoms with Gasteiger partial charge in [-0.15, -0.1) is 0 Å². The number of carbonyl (C=O) groups is 1. The van der Waals surface area contributed by atoms with Gasteiger partial charge in [-0.05, 0) is 12.1 Å². The maximum absolute atomic E-state index is 13.8. The van der Waals surface area contributed by atoms with Crippen LogP contribution in [0.5, 0.6) is 0 Å². The van der Waals surface area contributed by atoms with Gasteiger partial charge >= 0.3 is 0 Å². The summed E-state index contributed by atoms with van der Waals surface area (Å²) in [6.45, 7) is 0. The van der Waals surface area contributed by atoms with E-state index in [1.54, 1.807) is 0 Å². The number of rotatable bonds is 1. The van der Waals surface area contributed by atoms with Gasteiger partial charge in [0.05, 0.1) is 4.88 Å². The van der Waals surface area contributed by atoms with Crippen LogP contribution < -0.4 is 11.1 Å². The van der Waals surface area contributed by atoms with Gasteiger partial charge in [0.2, 0.25) is 5.91 Å². The molecular weight excluding hydrogens is 272 g/mol. The molecule has 1 aliphatic rings. The first-order valence-electron chi connectivity index (χ1n) is 5.56. The highest BCUT2D eigenvalue weighted by Crippen LogP contribution is 2.42. The van der Waals surface area contributed by atoms with E-state index in [0.717, 1.165) is 11.3 Å². The first kappa shape index (κ1) is 12.0. The number of nitrogens with zero attached hydrogens (tertiary/aromatic N) is 1. The second kappa shape index (κ2) is 4.27. The highest BCUT2D eigenvalue weighted by atomic mass is 32.1. The van der Waals surface area contributed by atoms with Gasteiger partial charge in [0, 0.05) is 17.9 Å². The van der Waals surface area contributed by atoms with Crippen molar-refractivity contribution in [2.45, 2.75) is 12.3 Å². The van der Waals surface area contributed by atoms with Gasteiger partial charge in [-0.1, -0.05) is 17.4 Å². The first-order chi connectivity index (χ1) is 9.06. The third-order valence-corrected chi connectivity index (χ3v) is 3.98. The molecule has 0 unspecified atom stereocenters. The van der Waals surface area contributed by atoms with E-state index in [9.17, 15) is 13.6 Å². The normalized spacial score (nSPS) is 18.0. The Kier molecular flexibility index (Phi) is 2.70. The van der Waals surface area contributed by atoms with Crippen molar-refractivity contribution < 1.29 is 13.6 Å². The number of amides is 1. The number of fused-ring (bicyclic) bond motifs is 1. The summed E-state index contributed by atoms with van der Waals surface area (Å²) in [5.41, 5.74) is 5.48. The molecule has 3 N–H and O–H groups in total. The number of nitrogens with two attached hydrogens (primary N) is 1. The largest absolute Gasteiger partial charge is 0.375 e. The van der Waals surface area contributed by atoms with Crippen molar-refractivity contribution in [3.8, 4) is 0 Å². The van der Waals surface area contributed by atoms with Gasteiger partial charge < -0.3 is 11.1 Å². The summed E-state index contributed by atoms with van der Waals surface area (Å²) in [7, 11) is 0.